The maximum atomic E-state index is 12.4. The number of anilines is 1. The summed E-state index contributed by atoms with van der Waals surface area (Å²) in [4.78, 5) is 35.2. The maximum Gasteiger partial charge on any atom is 0.337 e. The van der Waals surface area contributed by atoms with Crippen molar-refractivity contribution in [2.24, 2.45) is 11.8 Å². The van der Waals surface area contributed by atoms with E-state index in [1.165, 1.54) is 13.2 Å². The molecule has 2 atom stereocenters. The summed E-state index contributed by atoms with van der Waals surface area (Å²) in [6.07, 6.45) is 4.16. The lowest BCUT2D eigenvalue weighted by Gasteiger charge is -2.28. The predicted octanol–water partition coefficient (Wildman–Crippen LogP) is 1.05. The molecule has 0 aromatic heterocycles. The van der Waals surface area contributed by atoms with Crippen molar-refractivity contribution in [3.8, 4) is 0 Å². The van der Waals surface area contributed by atoms with Gasteiger partial charge in [-0.3, -0.25) is 4.79 Å². The van der Waals surface area contributed by atoms with Crippen molar-refractivity contribution in [1.82, 2.24) is 0 Å². The first-order valence-electron chi connectivity index (χ1n) is 7.29. The van der Waals surface area contributed by atoms with Crippen molar-refractivity contribution < 1.29 is 24.2 Å². The Hall–Kier alpha value is -2.63. The first kappa shape index (κ1) is 16.7. The van der Waals surface area contributed by atoms with Crippen LogP contribution in [-0.4, -0.2) is 25.0 Å². The zero-order valence-corrected chi connectivity index (χ0v) is 13.0. The number of hydrogen-bond donors (Lipinski definition) is 1. The van der Waals surface area contributed by atoms with Gasteiger partial charge >= 0.3 is 5.97 Å². The number of carbonyl (C=O) groups excluding carboxylic acids is 3. The molecule has 0 heterocycles. The van der Waals surface area contributed by atoms with E-state index in [4.69, 9.17) is 0 Å². The van der Waals surface area contributed by atoms with E-state index in [9.17, 15) is 19.5 Å². The quantitative estimate of drug-likeness (QED) is 0.662. The molecule has 23 heavy (non-hydrogen) atoms. The fourth-order valence-corrected chi connectivity index (χ4v) is 2.59. The number of methoxy groups -OCH3 is 1. The van der Waals surface area contributed by atoms with Crippen LogP contribution in [0.5, 0.6) is 0 Å². The summed E-state index contributed by atoms with van der Waals surface area (Å²) in [6, 6.07) is 4.81. The van der Waals surface area contributed by atoms with E-state index >= 15 is 0 Å². The van der Waals surface area contributed by atoms with Crippen LogP contribution in [0.15, 0.2) is 30.4 Å². The average molecular weight is 316 g/mol. The number of aryl methyl sites for hydroxylation is 1. The second kappa shape index (κ2) is 7.09. The van der Waals surface area contributed by atoms with Gasteiger partial charge in [0.1, 0.15) is 0 Å². The molecule has 0 bridgehead atoms. The Morgan fingerprint density at radius 3 is 2.43 bits per heavy atom. The summed E-state index contributed by atoms with van der Waals surface area (Å²) < 4.78 is 4.65. The van der Waals surface area contributed by atoms with Crippen LogP contribution in [0.4, 0.5) is 5.69 Å². The molecule has 0 aliphatic heterocycles. The predicted molar refractivity (Wildman–Crippen MR) is 81.5 cm³/mol. The number of aliphatic carboxylic acids is 1. The Morgan fingerprint density at radius 2 is 1.83 bits per heavy atom. The number of nitrogens with one attached hydrogen (secondary N) is 1. The third kappa shape index (κ3) is 3.77. The zero-order valence-electron chi connectivity index (χ0n) is 13.0. The number of esters is 1. The van der Waals surface area contributed by atoms with Crippen LogP contribution in [0.2, 0.25) is 0 Å². The molecule has 0 fully saturated rings. The van der Waals surface area contributed by atoms with Crippen molar-refractivity contribution in [2.45, 2.75) is 19.8 Å². The van der Waals surface area contributed by atoms with Crippen molar-refractivity contribution in [3.05, 3.63) is 41.5 Å². The minimum atomic E-state index is -1.23. The van der Waals surface area contributed by atoms with Crippen LogP contribution in [0.25, 0.3) is 0 Å². The minimum absolute atomic E-state index is 0.279. The summed E-state index contributed by atoms with van der Waals surface area (Å²) in [6.45, 7) is 1.79. The fourth-order valence-electron chi connectivity index (χ4n) is 2.59. The lowest BCUT2D eigenvalue weighted by atomic mass is 9.82. The highest BCUT2D eigenvalue weighted by Crippen LogP contribution is 2.27. The normalized spacial score (nSPS) is 19.9. The maximum absolute atomic E-state index is 12.4. The standard InChI is InChI=1S/C17H19NO5/c1-10-7-8-11(17(22)23-2)9-14(10)18-15(19)12-5-3-4-6-13(12)16(20)21/h3-4,7-9,12-13H,5-6H2,1-2H3,(H,18,19)(H,20,21)/p-1/t12-,13+/m0/s1. The molecule has 1 aromatic carbocycles. The highest BCUT2D eigenvalue weighted by atomic mass is 16.5. The van der Waals surface area contributed by atoms with Crippen LogP contribution in [0, 0.1) is 18.8 Å². The van der Waals surface area contributed by atoms with Gasteiger partial charge in [-0.2, -0.15) is 0 Å². The number of amides is 1. The SMILES string of the molecule is COC(=O)c1ccc(C)c(NC(=O)[C@H]2CC=CC[C@H]2C(=O)[O-])c1. The second-order valence-electron chi connectivity index (χ2n) is 5.49. The van der Waals surface area contributed by atoms with E-state index in [-0.39, 0.29) is 6.42 Å². The van der Waals surface area contributed by atoms with Crippen molar-refractivity contribution in [3.63, 3.8) is 0 Å². The Bertz CT molecular complexity index is 665. The highest BCUT2D eigenvalue weighted by molar-refractivity contribution is 5.97. The number of benzene rings is 1. The molecule has 1 aliphatic carbocycles. The summed E-state index contributed by atoms with van der Waals surface area (Å²) in [5.74, 6) is -3.66. The van der Waals surface area contributed by atoms with Gasteiger partial charge in [0.15, 0.2) is 0 Å². The van der Waals surface area contributed by atoms with E-state index in [0.717, 1.165) is 5.56 Å². The molecule has 0 saturated carbocycles. The molecule has 0 saturated heterocycles. The van der Waals surface area contributed by atoms with E-state index in [2.05, 4.69) is 10.1 Å². The molecule has 6 heteroatoms. The molecule has 0 radical (unpaired) electrons. The molecule has 1 aliphatic rings. The van der Waals surface area contributed by atoms with Crippen molar-refractivity contribution in [2.75, 3.05) is 12.4 Å². The Labute approximate surface area is 134 Å². The van der Waals surface area contributed by atoms with Crippen molar-refractivity contribution >= 4 is 23.5 Å². The summed E-state index contributed by atoms with van der Waals surface area (Å²) in [5, 5.41) is 13.9. The number of allylic oxidation sites excluding steroid dienone is 2. The number of carboxylic acid groups (broad SMARTS) is 1. The van der Waals surface area contributed by atoms with Gasteiger partial charge in [0.05, 0.1) is 18.6 Å². The van der Waals surface area contributed by atoms with Crippen LogP contribution in [0.1, 0.15) is 28.8 Å². The third-order valence-electron chi connectivity index (χ3n) is 3.99. The molecule has 2 rings (SSSR count). The lowest BCUT2D eigenvalue weighted by molar-refractivity contribution is -0.313. The Morgan fingerprint density at radius 1 is 1.17 bits per heavy atom. The molecule has 1 amide bonds. The van der Waals surface area contributed by atoms with Gasteiger partial charge in [-0.05, 0) is 37.5 Å². The van der Waals surface area contributed by atoms with Gasteiger partial charge in [-0.1, -0.05) is 18.2 Å². The van der Waals surface area contributed by atoms with E-state index in [1.54, 1.807) is 31.2 Å². The van der Waals surface area contributed by atoms with Crippen LogP contribution in [0.3, 0.4) is 0 Å². The fraction of sp³-hybridized carbons (Fsp3) is 0.353. The molecule has 0 unspecified atom stereocenters. The molecule has 1 N–H and O–H groups in total. The molecule has 122 valence electrons. The molecule has 0 spiro atoms. The van der Waals surface area contributed by atoms with Crippen LogP contribution < -0.4 is 10.4 Å². The van der Waals surface area contributed by atoms with Gasteiger partial charge in [0.25, 0.3) is 0 Å². The smallest absolute Gasteiger partial charge is 0.337 e. The Balaban J connectivity index is 2.21. The highest BCUT2D eigenvalue weighted by Gasteiger charge is 2.30. The monoisotopic (exact) mass is 316 g/mol. The first-order chi connectivity index (χ1) is 10.9. The minimum Gasteiger partial charge on any atom is -0.550 e. The average Bonchev–Trinajstić information content (AvgIpc) is 2.56. The second-order valence-corrected chi connectivity index (χ2v) is 5.49. The Kier molecular flexibility index (Phi) is 5.16. The zero-order chi connectivity index (χ0) is 17.0. The van der Waals surface area contributed by atoms with Crippen LogP contribution in [-0.2, 0) is 14.3 Å². The molecule has 6 nitrogen and oxygen atoms in total. The van der Waals surface area contributed by atoms with Gasteiger partial charge < -0.3 is 20.0 Å². The van der Waals surface area contributed by atoms with Gasteiger partial charge in [0, 0.05) is 17.6 Å². The van der Waals surface area contributed by atoms with E-state index in [1.807, 2.05) is 0 Å². The topological polar surface area (TPSA) is 95.5 Å². The number of hydrogen-bond acceptors (Lipinski definition) is 5. The number of rotatable bonds is 4. The van der Waals surface area contributed by atoms with E-state index < -0.39 is 29.7 Å². The third-order valence-corrected chi connectivity index (χ3v) is 3.99. The van der Waals surface area contributed by atoms with E-state index in [0.29, 0.717) is 17.7 Å². The van der Waals surface area contributed by atoms with Gasteiger partial charge in [0.2, 0.25) is 5.91 Å². The summed E-state index contributed by atoms with van der Waals surface area (Å²) >= 11 is 0. The van der Waals surface area contributed by atoms with Gasteiger partial charge in [-0.25, -0.2) is 4.79 Å². The van der Waals surface area contributed by atoms with Crippen molar-refractivity contribution in [1.29, 1.82) is 0 Å². The molecular weight excluding hydrogens is 298 g/mol. The molecular formula is C17H18NO5-. The first-order valence-corrected chi connectivity index (χ1v) is 7.29. The summed E-state index contributed by atoms with van der Waals surface area (Å²) in [5.41, 5.74) is 1.54. The van der Waals surface area contributed by atoms with Crippen LogP contribution >= 0.6 is 0 Å². The largest absolute Gasteiger partial charge is 0.550 e. The van der Waals surface area contributed by atoms with Gasteiger partial charge in [-0.15, -0.1) is 0 Å². The lowest BCUT2D eigenvalue weighted by Crippen LogP contribution is -2.41. The number of carbonyl (C=O) groups is 3. The summed E-state index contributed by atoms with van der Waals surface area (Å²) in [7, 11) is 1.28. The number of ether oxygens (including phenoxy) is 1. The number of carboxylic acids is 1. The molecule has 1 aromatic rings.